The zero-order valence-corrected chi connectivity index (χ0v) is 21.2. The van der Waals surface area contributed by atoms with Crippen molar-refractivity contribution in [2.75, 3.05) is 0 Å². The van der Waals surface area contributed by atoms with Crippen LogP contribution in [0.5, 0.6) is 0 Å². The first-order valence-electron chi connectivity index (χ1n) is 11.5. The summed E-state index contributed by atoms with van der Waals surface area (Å²) in [6, 6.07) is 26.8. The van der Waals surface area contributed by atoms with Crippen LogP contribution in [0.1, 0.15) is 38.8 Å². The van der Waals surface area contributed by atoms with E-state index < -0.39 is 24.3 Å². The number of rotatable bonds is 6. The van der Waals surface area contributed by atoms with Gasteiger partial charge in [0.15, 0.2) is 5.54 Å². The highest BCUT2D eigenvalue weighted by molar-refractivity contribution is 7.77. The molecule has 0 N–H and O–H groups in total. The Bertz CT molecular complexity index is 1200. The molecule has 3 aromatic rings. The summed E-state index contributed by atoms with van der Waals surface area (Å²) in [5, 5.41) is 1.35. The highest BCUT2D eigenvalue weighted by atomic mass is 31.2. The van der Waals surface area contributed by atoms with E-state index in [1.54, 1.807) is 17.9 Å². The molecule has 0 unspecified atom stereocenters. The highest BCUT2D eigenvalue weighted by Gasteiger charge is 2.63. The molecule has 3 aromatic carbocycles. The van der Waals surface area contributed by atoms with Crippen molar-refractivity contribution in [3.63, 3.8) is 0 Å². The van der Waals surface area contributed by atoms with Crippen LogP contribution in [0.15, 0.2) is 89.9 Å². The fourth-order valence-electron chi connectivity index (χ4n) is 4.52. The number of carbonyl (C=O) groups is 1. The number of aliphatic imine (C=N–C) groups is 1. The van der Waals surface area contributed by atoms with Crippen LogP contribution in [-0.2, 0) is 19.6 Å². The second kappa shape index (κ2) is 8.88. The average Bonchev–Trinajstić information content (AvgIpc) is 3.12. The fourth-order valence-corrected chi connectivity index (χ4v) is 7.54. The van der Waals surface area contributed by atoms with Crippen LogP contribution in [0, 0.1) is 6.92 Å². The van der Waals surface area contributed by atoms with Crippen LogP contribution < -0.4 is 10.6 Å². The summed E-state index contributed by atoms with van der Waals surface area (Å²) in [7, 11) is -3.45. The molecule has 2 atom stereocenters. The van der Waals surface area contributed by atoms with Crippen molar-refractivity contribution in [2.45, 2.75) is 51.8 Å². The van der Waals surface area contributed by atoms with Gasteiger partial charge in [-0.1, -0.05) is 66.2 Å². The monoisotopic (exact) mass is 474 g/mol. The van der Waals surface area contributed by atoms with E-state index in [4.69, 9.17) is 9.73 Å². The predicted octanol–water partition coefficient (Wildman–Crippen LogP) is 5.19. The van der Waals surface area contributed by atoms with E-state index in [1.807, 2.05) is 113 Å². The van der Waals surface area contributed by atoms with E-state index in [1.165, 1.54) is 0 Å². The molecule has 0 aliphatic carbocycles. The molecule has 0 saturated heterocycles. The van der Waals surface area contributed by atoms with Crippen molar-refractivity contribution in [3.05, 3.63) is 96.1 Å². The molecule has 1 aliphatic rings. The smallest absolute Gasteiger partial charge is 0.336 e. The van der Waals surface area contributed by atoms with Crippen molar-refractivity contribution in [1.82, 2.24) is 4.67 Å². The molecule has 0 amide bonds. The maximum absolute atomic E-state index is 15.3. The van der Waals surface area contributed by atoms with E-state index in [2.05, 4.69) is 0 Å². The van der Waals surface area contributed by atoms with Gasteiger partial charge in [-0.25, -0.2) is 4.79 Å². The summed E-state index contributed by atoms with van der Waals surface area (Å²) in [6.07, 6.45) is 1.29. The molecule has 34 heavy (non-hydrogen) atoms. The van der Waals surface area contributed by atoms with Crippen molar-refractivity contribution < 1.29 is 14.1 Å². The standard InChI is InChI=1S/C28H31N2O3P/c1-21(2)33-26(31)27(4)28(5,23-18-16-22(3)17-19-23)30(20-29-27)34(32,24-12-8-6-9-13-24)25-14-10-7-11-15-25/h6-21H,1-5H3/t27-,28-/m0/s1. The minimum atomic E-state index is -3.45. The van der Waals surface area contributed by atoms with E-state index in [9.17, 15) is 4.79 Å². The van der Waals surface area contributed by atoms with Gasteiger partial charge in [-0.15, -0.1) is 0 Å². The quantitative estimate of drug-likeness (QED) is 0.364. The average molecular weight is 475 g/mol. The number of esters is 1. The van der Waals surface area contributed by atoms with E-state index in [0.29, 0.717) is 10.6 Å². The first kappa shape index (κ1) is 24.0. The molecule has 1 aliphatic heterocycles. The molecule has 6 heteroatoms. The number of hydrogen-bond donors (Lipinski definition) is 0. The first-order valence-corrected chi connectivity index (χ1v) is 13.1. The molecule has 1 heterocycles. The maximum atomic E-state index is 15.3. The number of hydrogen-bond acceptors (Lipinski definition) is 4. The Morgan fingerprint density at radius 1 is 0.882 bits per heavy atom. The van der Waals surface area contributed by atoms with Crippen LogP contribution in [0.2, 0.25) is 0 Å². The number of benzene rings is 3. The normalized spacial score (nSPS) is 22.2. The molecule has 0 spiro atoms. The lowest BCUT2D eigenvalue weighted by Gasteiger charge is -2.47. The van der Waals surface area contributed by atoms with Gasteiger partial charge in [0.05, 0.1) is 12.4 Å². The molecule has 176 valence electrons. The van der Waals surface area contributed by atoms with E-state index >= 15 is 4.57 Å². The summed E-state index contributed by atoms with van der Waals surface area (Å²) in [5.74, 6) is -0.447. The van der Waals surface area contributed by atoms with Crippen LogP contribution in [0.4, 0.5) is 0 Å². The lowest BCUT2D eigenvalue weighted by molar-refractivity contribution is -0.156. The lowest BCUT2D eigenvalue weighted by atomic mass is 9.75. The number of carbonyl (C=O) groups excluding carboxylic acids is 1. The van der Waals surface area contributed by atoms with Crippen molar-refractivity contribution in [3.8, 4) is 0 Å². The molecular formula is C28H31N2O3P. The third kappa shape index (κ3) is 3.69. The zero-order chi connectivity index (χ0) is 24.6. The van der Waals surface area contributed by atoms with Gasteiger partial charge in [-0.05, 0) is 64.4 Å². The van der Waals surface area contributed by atoms with Crippen molar-refractivity contribution in [1.29, 1.82) is 0 Å². The second-order valence-electron chi connectivity index (χ2n) is 9.30. The maximum Gasteiger partial charge on any atom is 0.336 e. The van der Waals surface area contributed by atoms with Gasteiger partial charge >= 0.3 is 5.97 Å². The predicted molar refractivity (Wildman–Crippen MR) is 138 cm³/mol. The van der Waals surface area contributed by atoms with Gasteiger partial charge in [-0.2, -0.15) is 0 Å². The summed E-state index contributed by atoms with van der Waals surface area (Å²) >= 11 is 0. The SMILES string of the molecule is Cc1ccc([C@]2(C)N(P(=O)(c3ccccc3)c3ccccc3)C=N[C@@]2(C)C(=O)OC(C)C)cc1. The van der Waals surface area contributed by atoms with Crippen LogP contribution in [0.3, 0.4) is 0 Å². The van der Waals surface area contributed by atoms with Crippen LogP contribution >= 0.6 is 7.29 Å². The molecule has 5 nitrogen and oxygen atoms in total. The first-order chi connectivity index (χ1) is 16.1. The third-order valence-electron chi connectivity index (χ3n) is 6.70. The van der Waals surface area contributed by atoms with E-state index in [0.717, 1.165) is 11.1 Å². The summed E-state index contributed by atoms with van der Waals surface area (Å²) < 4.78 is 22.8. The largest absolute Gasteiger partial charge is 0.461 e. The van der Waals surface area contributed by atoms with Crippen LogP contribution in [0.25, 0.3) is 0 Å². The topological polar surface area (TPSA) is 59.0 Å². The third-order valence-corrected chi connectivity index (χ3v) is 9.81. The Labute approximate surface area is 201 Å². The number of ether oxygens (including phenoxy) is 1. The Morgan fingerprint density at radius 2 is 1.38 bits per heavy atom. The van der Waals surface area contributed by atoms with Gasteiger partial charge in [0.2, 0.25) is 7.29 Å². The van der Waals surface area contributed by atoms with E-state index in [-0.39, 0.29) is 6.10 Å². The minimum Gasteiger partial charge on any atom is -0.461 e. The fraction of sp³-hybridized carbons (Fsp3) is 0.286. The zero-order valence-electron chi connectivity index (χ0n) is 20.3. The molecule has 4 rings (SSSR count). The molecular weight excluding hydrogens is 443 g/mol. The summed E-state index contributed by atoms with van der Waals surface area (Å²) in [6.45, 7) is 9.36. The second-order valence-corrected chi connectivity index (χ2v) is 11.9. The minimum absolute atomic E-state index is 0.300. The molecule has 0 bridgehead atoms. The summed E-state index contributed by atoms with van der Waals surface area (Å²) in [4.78, 5) is 18.3. The van der Waals surface area contributed by atoms with Gasteiger partial charge in [0, 0.05) is 10.6 Å². The van der Waals surface area contributed by atoms with Gasteiger partial charge < -0.3 is 4.74 Å². The molecule has 0 saturated carbocycles. The summed E-state index contributed by atoms with van der Waals surface area (Å²) in [5.41, 5.74) is -0.455. The lowest BCUT2D eigenvalue weighted by Crippen LogP contribution is -2.57. The number of nitrogens with zero attached hydrogens (tertiary/aromatic N) is 2. The Balaban J connectivity index is 2.00. The highest BCUT2D eigenvalue weighted by Crippen LogP contribution is 2.59. The van der Waals surface area contributed by atoms with Gasteiger partial charge in [-0.3, -0.25) is 14.2 Å². The molecule has 0 radical (unpaired) electrons. The Kier molecular flexibility index (Phi) is 6.26. The Hall–Kier alpha value is -3.17. The van der Waals surface area contributed by atoms with Gasteiger partial charge in [0.25, 0.3) is 0 Å². The Morgan fingerprint density at radius 3 is 1.85 bits per heavy atom. The molecule has 0 aromatic heterocycles. The number of aryl methyl sites for hydroxylation is 1. The van der Waals surface area contributed by atoms with Crippen LogP contribution in [-0.4, -0.2) is 28.6 Å². The van der Waals surface area contributed by atoms with Crippen molar-refractivity contribution >= 4 is 30.2 Å². The van der Waals surface area contributed by atoms with Crippen molar-refractivity contribution in [2.24, 2.45) is 4.99 Å². The van der Waals surface area contributed by atoms with Gasteiger partial charge in [0.1, 0.15) is 5.54 Å². The molecule has 0 fully saturated rings.